The molecule has 30 heavy (non-hydrogen) atoms. The highest BCUT2D eigenvalue weighted by Gasteiger charge is 2.15. The molecule has 4 rings (SSSR count). The summed E-state index contributed by atoms with van der Waals surface area (Å²) >= 11 is 6.35. The lowest BCUT2D eigenvalue weighted by Gasteiger charge is -2.16. The summed E-state index contributed by atoms with van der Waals surface area (Å²) in [6.07, 6.45) is 6.76. The van der Waals surface area contributed by atoms with Gasteiger partial charge in [0.25, 0.3) is 5.56 Å². The van der Waals surface area contributed by atoms with Gasteiger partial charge in [0.05, 0.1) is 22.7 Å². The third-order valence-corrected chi connectivity index (χ3v) is 4.81. The van der Waals surface area contributed by atoms with E-state index in [9.17, 15) is 4.79 Å². The van der Waals surface area contributed by atoms with Crippen LogP contribution in [0.3, 0.4) is 0 Å². The maximum atomic E-state index is 12.7. The summed E-state index contributed by atoms with van der Waals surface area (Å²) in [6, 6.07) is 6.80. The molecular weight excluding hydrogens is 404 g/mol. The molecule has 0 saturated heterocycles. The van der Waals surface area contributed by atoms with Crippen LogP contribution in [0.1, 0.15) is 32.4 Å². The first-order valence-electron chi connectivity index (χ1n) is 9.52. The number of nitrogens with zero attached hydrogens (tertiary/aromatic N) is 4. The molecule has 0 radical (unpaired) electrons. The molecule has 2 N–H and O–H groups in total. The molecule has 154 valence electrons. The SMILES string of the molecule is CC(C)Oc1cc2[nH]c(=O)c([C@H](C)Nc3nccc(-n4ccnc4)n3)cc2cc1Cl. The minimum absolute atomic E-state index is 0.0201. The van der Waals surface area contributed by atoms with Gasteiger partial charge in [0.2, 0.25) is 5.95 Å². The number of nitrogens with one attached hydrogen (secondary N) is 2. The maximum absolute atomic E-state index is 12.7. The lowest BCUT2D eigenvalue weighted by Crippen LogP contribution is -2.20. The summed E-state index contributed by atoms with van der Waals surface area (Å²) < 4.78 is 7.48. The summed E-state index contributed by atoms with van der Waals surface area (Å²) in [5, 5.41) is 4.49. The van der Waals surface area contributed by atoms with Gasteiger partial charge in [-0.2, -0.15) is 4.98 Å². The van der Waals surface area contributed by atoms with Gasteiger partial charge in [-0.15, -0.1) is 0 Å². The van der Waals surface area contributed by atoms with Crippen molar-refractivity contribution >= 4 is 28.5 Å². The first-order chi connectivity index (χ1) is 14.4. The molecule has 0 fully saturated rings. The molecule has 4 aromatic rings. The van der Waals surface area contributed by atoms with Crippen molar-refractivity contribution < 1.29 is 4.74 Å². The van der Waals surface area contributed by atoms with E-state index in [-0.39, 0.29) is 17.7 Å². The fraction of sp³-hybridized carbons (Fsp3) is 0.238. The van der Waals surface area contributed by atoms with Gasteiger partial charge in [0, 0.05) is 35.6 Å². The van der Waals surface area contributed by atoms with E-state index in [4.69, 9.17) is 16.3 Å². The number of aromatic nitrogens is 5. The second-order valence-electron chi connectivity index (χ2n) is 7.16. The van der Waals surface area contributed by atoms with Gasteiger partial charge in [-0.3, -0.25) is 9.36 Å². The van der Waals surface area contributed by atoms with E-state index >= 15 is 0 Å². The number of H-pyrrole nitrogens is 1. The molecule has 8 nitrogen and oxygen atoms in total. The summed E-state index contributed by atoms with van der Waals surface area (Å²) in [7, 11) is 0. The van der Waals surface area contributed by atoms with Crippen molar-refractivity contribution in [2.75, 3.05) is 5.32 Å². The number of imidazole rings is 1. The zero-order valence-corrected chi connectivity index (χ0v) is 17.5. The molecule has 1 atom stereocenters. The Morgan fingerprint density at radius 1 is 1.20 bits per heavy atom. The lowest BCUT2D eigenvalue weighted by atomic mass is 10.1. The van der Waals surface area contributed by atoms with Crippen LogP contribution in [0.4, 0.5) is 5.95 Å². The zero-order valence-electron chi connectivity index (χ0n) is 16.8. The van der Waals surface area contributed by atoms with Gasteiger partial charge in [0.15, 0.2) is 0 Å². The molecular formula is C21H21ClN6O2. The molecule has 0 spiro atoms. The van der Waals surface area contributed by atoms with Crippen molar-refractivity contribution in [3.8, 4) is 11.6 Å². The molecule has 0 unspecified atom stereocenters. The Hall–Kier alpha value is -3.39. The van der Waals surface area contributed by atoms with E-state index in [1.165, 1.54) is 0 Å². The van der Waals surface area contributed by atoms with Crippen molar-refractivity contribution in [2.24, 2.45) is 0 Å². The highest BCUT2D eigenvalue weighted by molar-refractivity contribution is 6.32. The molecule has 0 bridgehead atoms. The Morgan fingerprint density at radius 2 is 2.03 bits per heavy atom. The van der Waals surface area contributed by atoms with Gasteiger partial charge < -0.3 is 15.0 Å². The van der Waals surface area contributed by atoms with Crippen LogP contribution in [0.15, 0.2) is 54.0 Å². The molecule has 0 aliphatic carbocycles. The molecule has 0 aliphatic rings. The van der Waals surface area contributed by atoms with Gasteiger partial charge >= 0.3 is 0 Å². The van der Waals surface area contributed by atoms with Crippen molar-refractivity contribution in [1.29, 1.82) is 0 Å². The number of pyridine rings is 1. The number of anilines is 1. The van der Waals surface area contributed by atoms with Gasteiger partial charge in [-0.05, 0) is 39.0 Å². The van der Waals surface area contributed by atoms with Crippen LogP contribution in [0.25, 0.3) is 16.7 Å². The van der Waals surface area contributed by atoms with Gasteiger partial charge in [0.1, 0.15) is 17.9 Å². The average Bonchev–Trinajstić information content (AvgIpc) is 3.23. The molecule has 0 amide bonds. The molecule has 0 aliphatic heterocycles. The standard InChI is InChI=1S/C21H21ClN6O2/c1-12(2)30-18-10-17-14(9-16(18)22)8-15(20(29)26-17)13(3)25-21-24-5-4-19(27-21)28-7-6-23-11-28/h4-13H,1-3H3,(H,26,29)(H,24,25,27)/t13-/m0/s1. The monoisotopic (exact) mass is 424 g/mol. The van der Waals surface area contributed by atoms with Crippen LogP contribution in [-0.2, 0) is 0 Å². The number of hydrogen-bond donors (Lipinski definition) is 2. The third-order valence-electron chi connectivity index (χ3n) is 4.51. The lowest BCUT2D eigenvalue weighted by molar-refractivity contribution is 0.243. The second kappa shape index (κ2) is 8.16. The molecule has 3 heterocycles. The van der Waals surface area contributed by atoms with Crippen molar-refractivity contribution in [3.05, 3.63) is 70.1 Å². The Labute approximate surface area is 177 Å². The molecule has 1 aromatic carbocycles. The Balaban J connectivity index is 1.63. The Bertz CT molecular complexity index is 1240. The first kappa shape index (κ1) is 19.9. The van der Waals surface area contributed by atoms with Crippen LogP contribution < -0.4 is 15.6 Å². The summed E-state index contributed by atoms with van der Waals surface area (Å²) in [4.78, 5) is 28.4. The number of benzene rings is 1. The van der Waals surface area contributed by atoms with Crippen LogP contribution in [0.2, 0.25) is 5.02 Å². The summed E-state index contributed by atoms with van der Waals surface area (Å²) in [5.74, 6) is 1.62. The number of fused-ring (bicyclic) bond motifs is 1. The highest BCUT2D eigenvalue weighted by Crippen LogP contribution is 2.30. The quantitative estimate of drug-likeness (QED) is 0.483. The number of aromatic amines is 1. The first-order valence-corrected chi connectivity index (χ1v) is 9.89. The van der Waals surface area contributed by atoms with Crippen molar-refractivity contribution in [2.45, 2.75) is 32.9 Å². The number of hydrogen-bond acceptors (Lipinski definition) is 6. The van der Waals surface area contributed by atoms with E-state index in [2.05, 4.69) is 25.3 Å². The predicted octanol–water partition coefficient (Wildman–Crippen LogP) is 4.12. The molecule has 3 aromatic heterocycles. The van der Waals surface area contributed by atoms with Gasteiger partial charge in [-0.1, -0.05) is 11.6 Å². The summed E-state index contributed by atoms with van der Waals surface area (Å²) in [5.41, 5.74) is 1.01. The minimum atomic E-state index is -0.332. The van der Waals surface area contributed by atoms with Gasteiger partial charge in [-0.25, -0.2) is 9.97 Å². The third kappa shape index (κ3) is 4.13. The second-order valence-corrected chi connectivity index (χ2v) is 7.57. The Kier molecular flexibility index (Phi) is 5.41. The van der Waals surface area contributed by atoms with Crippen LogP contribution >= 0.6 is 11.6 Å². The molecule has 9 heteroatoms. The zero-order chi connectivity index (χ0) is 21.3. The van der Waals surface area contributed by atoms with Crippen molar-refractivity contribution in [3.63, 3.8) is 0 Å². The van der Waals surface area contributed by atoms with Crippen molar-refractivity contribution in [1.82, 2.24) is 24.5 Å². The molecule has 0 saturated carbocycles. The predicted molar refractivity (Wildman–Crippen MR) is 117 cm³/mol. The largest absolute Gasteiger partial charge is 0.489 e. The number of halogens is 1. The topological polar surface area (TPSA) is 97.7 Å². The maximum Gasteiger partial charge on any atom is 0.253 e. The van der Waals surface area contributed by atoms with E-state index in [1.54, 1.807) is 47.7 Å². The average molecular weight is 425 g/mol. The fourth-order valence-electron chi connectivity index (χ4n) is 3.12. The van der Waals surface area contributed by atoms with Crippen LogP contribution in [-0.4, -0.2) is 30.6 Å². The van der Waals surface area contributed by atoms with Crippen LogP contribution in [0.5, 0.6) is 5.75 Å². The number of ether oxygens (including phenoxy) is 1. The van der Waals surface area contributed by atoms with E-state index in [0.717, 1.165) is 5.39 Å². The highest BCUT2D eigenvalue weighted by atomic mass is 35.5. The smallest absolute Gasteiger partial charge is 0.253 e. The van der Waals surface area contributed by atoms with E-state index in [0.29, 0.717) is 33.6 Å². The normalized spacial score (nSPS) is 12.3. The van der Waals surface area contributed by atoms with E-state index < -0.39 is 0 Å². The Morgan fingerprint density at radius 3 is 2.77 bits per heavy atom. The summed E-state index contributed by atoms with van der Waals surface area (Å²) in [6.45, 7) is 5.72. The number of rotatable bonds is 6. The minimum Gasteiger partial charge on any atom is -0.489 e. The fourth-order valence-corrected chi connectivity index (χ4v) is 3.34. The van der Waals surface area contributed by atoms with Crippen LogP contribution in [0, 0.1) is 0 Å². The van der Waals surface area contributed by atoms with E-state index in [1.807, 2.05) is 26.8 Å².